The fraction of sp³-hybridized carbons (Fsp3) is 0.909. The Hall–Kier alpha value is -0.610. The first-order valence-corrected chi connectivity index (χ1v) is 5.73. The van der Waals surface area contributed by atoms with Gasteiger partial charge in [0.25, 0.3) is 0 Å². The van der Waals surface area contributed by atoms with Crippen molar-refractivity contribution in [1.82, 2.24) is 4.90 Å². The lowest BCUT2D eigenvalue weighted by atomic mass is 10.1. The molecule has 15 heavy (non-hydrogen) atoms. The summed E-state index contributed by atoms with van der Waals surface area (Å²) >= 11 is 0. The van der Waals surface area contributed by atoms with Crippen LogP contribution in [0.5, 0.6) is 0 Å². The average Bonchev–Trinajstić information content (AvgIpc) is 2.20. The van der Waals surface area contributed by atoms with E-state index in [0.717, 1.165) is 45.3 Å². The van der Waals surface area contributed by atoms with E-state index in [9.17, 15) is 4.79 Å². The number of carbonyl (C=O) groups is 1. The lowest BCUT2D eigenvalue weighted by Crippen LogP contribution is -2.38. The van der Waals surface area contributed by atoms with Crippen LogP contribution >= 0.6 is 0 Å². The van der Waals surface area contributed by atoms with Gasteiger partial charge < -0.3 is 14.7 Å². The van der Waals surface area contributed by atoms with Crippen LogP contribution < -0.4 is 0 Å². The zero-order chi connectivity index (χ0) is 11.1. The molecule has 1 aliphatic rings. The number of hydrogen-bond donors (Lipinski definition) is 1. The first kappa shape index (κ1) is 12.5. The number of carbonyl (C=O) groups excluding carboxylic acids is 1. The van der Waals surface area contributed by atoms with Crippen LogP contribution in [-0.4, -0.2) is 48.3 Å². The van der Waals surface area contributed by atoms with Gasteiger partial charge >= 0.3 is 5.97 Å². The molecule has 0 aromatic heterocycles. The van der Waals surface area contributed by atoms with Gasteiger partial charge in [-0.1, -0.05) is 0 Å². The molecule has 1 N–H and O–H groups in total. The van der Waals surface area contributed by atoms with E-state index < -0.39 is 0 Å². The topological polar surface area (TPSA) is 49.8 Å². The van der Waals surface area contributed by atoms with Gasteiger partial charge in [0.2, 0.25) is 0 Å². The Morgan fingerprint density at radius 3 is 2.60 bits per heavy atom. The highest BCUT2D eigenvalue weighted by Crippen LogP contribution is 2.14. The van der Waals surface area contributed by atoms with Crippen molar-refractivity contribution in [3.05, 3.63) is 0 Å². The van der Waals surface area contributed by atoms with E-state index in [-0.39, 0.29) is 18.7 Å². The molecule has 1 fully saturated rings. The molecule has 0 aromatic carbocycles. The van der Waals surface area contributed by atoms with Crippen molar-refractivity contribution in [1.29, 1.82) is 0 Å². The Morgan fingerprint density at radius 2 is 2.07 bits per heavy atom. The molecule has 0 bridgehead atoms. The van der Waals surface area contributed by atoms with Crippen LogP contribution in [0.25, 0.3) is 0 Å². The summed E-state index contributed by atoms with van der Waals surface area (Å²) < 4.78 is 5.16. The minimum Gasteiger partial charge on any atom is -0.462 e. The van der Waals surface area contributed by atoms with E-state index in [1.165, 1.54) is 6.92 Å². The van der Waals surface area contributed by atoms with Gasteiger partial charge in [-0.05, 0) is 32.2 Å². The van der Waals surface area contributed by atoms with Crippen LogP contribution in [-0.2, 0) is 9.53 Å². The molecule has 0 amide bonds. The fourth-order valence-electron chi connectivity index (χ4n) is 1.93. The van der Waals surface area contributed by atoms with Crippen molar-refractivity contribution < 1.29 is 14.6 Å². The lowest BCUT2D eigenvalue weighted by molar-refractivity contribution is -0.148. The van der Waals surface area contributed by atoms with Gasteiger partial charge in [-0.25, -0.2) is 0 Å². The second kappa shape index (κ2) is 6.80. The standard InChI is InChI=1S/C11H21NO3/c1-10(14)15-11-4-7-12(8-5-11)6-2-3-9-13/h11,13H,2-9H2,1H3. The highest BCUT2D eigenvalue weighted by atomic mass is 16.5. The minimum atomic E-state index is -0.172. The van der Waals surface area contributed by atoms with Gasteiger partial charge in [-0.15, -0.1) is 0 Å². The summed E-state index contributed by atoms with van der Waals surface area (Å²) in [6.45, 7) is 4.80. The number of piperidine rings is 1. The van der Waals surface area contributed by atoms with E-state index in [2.05, 4.69) is 4.90 Å². The summed E-state index contributed by atoms with van der Waals surface area (Å²) in [7, 11) is 0. The molecule has 1 heterocycles. The SMILES string of the molecule is CC(=O)OC1CCN(CCCCO)CC1. The molecular weight excluding hydrogens is 194 g/mol. The summed E-state index contributed by atoms with van der Waals surface area (Å²) in [5.41, 5.74) is 0. The summed E-state index contributed by atoms with van der Waals surface area (Å²) in [5.74, 6) is -0.172. The molecule has 88 valence electrons. The summed E-state index contributed by atoms with van der Waals surface area (Å²) in [4.78, 5) is 13.1. The maximum absolute atomic E-state index is 10.7. The summed E-state index contributed by atoms with van der Waals surface area (Å²) in [6, 6.07) is 0. The van der Waals surface area contributed by atoms with Gasteiger partial charge in [0.05, 0.1) is 0 Å². The fourth-order valence-corrected chi connectivity index (χ4v) is 1.93. The quantitative estimate of drug-likeness (QED) is 0.544. The molecule has 0 spiro atoms. The van der Waals surface area contributed by atoms with E-state index in [1.807, 2.05) is 0 Å². The monoisotopic (exact) mass is 215 g/mol. The van der Waals surface area contributed by atoms with Crippen molar-refractivity contribution >= 4 is 5.97 Å². The van der Waals surface area contributed by atoms with Crippen molar-refractivity contribution in [2.75, 3.05) is 26.2 Å². The maximum atomic E-state index is 10.7. The number of unbranched alkanes of at least 4 members (excludes halogenated alkanes) is 1. The summed E-state index contributed by atoms with van der Waals surface area (Å²) in [6.07, 6.45) is 3.94. The molecule has 0 unspecified atom stereocenters. The third-order valence-electron chi connectivity index (χ3n) is 2.75. The van der Waals surface area contributed by atoms with E-state index in [0.29, 0.717) is 0 Å². The minimum absolute atomic E-state index is 0.122. The molecule has 1 rings (SSSR count). The Labute approximate surface area is 91.2 Å². The number of rotatable bonds is 5. The van der Waals surface area contributed by atoms with Gasteiger partial charge in [0.1, 0.15) is 6.10 Å². The first-order chi connectivity index (χ1) is 7.22. The molecule has 1 aliphatic heterocycles. The Morgan fingerprint density at radius 1 is 1.40 bits per heavy atom. The second-order valence-electron chi connectivity index (χ2n) is 4.08. The van der Waals surface area contributed by atoms with Gasteiger partial charge in [0.15, 0.2) is 0 Å². The highest BCUT2D eigenvalue weighted by Gasteiger charge is 2.20. The van der Waals surface area contributed by atoms with E-state index in [4.69, 9.17) is 9.84 Å². The largest absolute Gasteiger partial charge is 0.462 e. The van der Waals surface area contributed by atoms with Gasteiger partial charge in [-0.3, -0.25) is 4.79 Å². The van der Waals surface area contributed by atoms with Crippen molar-refractivity contribution in [2.24, 2.45) is 0 Å². The van der Waals surface area contributed by atoms with Crippen LogP contribution in [0, 0.1) is 0 Å². The zero-order valence-electron chi connectivity index (χ0n) is 9.45. The third kappa shape index (κ3) is 5.14. The van der Waals surface area contributed by atoms with E-state index >= 15 is 0 Å². The van der Waals surface area contributed by atoms with Crippen LogP contribution in [0.3, 0.4) is 0 Å². The Bertz CT molecular complexity index is 188. The Kier molecular flexibility index (Phi) is 5.65. The predicted molar refractivity (Wildman–Crippen MR) is 57.5 cm³/mol. The second-order valence-corrected chi connectivity index (χ2v) is 4.08. The van der Waals surface area contributed by atoms with Crippen molar-refractivity contribution in [3.63, 3.8) is 0 Å². The number of hydrogen-bond acceptors (Lipinski definition) is 4. The van der Waals surface area contributed by atoms with Crippen molar-refractivity contribution in [2.45, 2.75) is 38.7 Å². The normalized spacial score (nSPS) is 19.1. The summed E-state index contributed by atoms with van der Waals surface area (Å²) in [5, 5.41) is 8.66. The highest BCUT2D eigenvalue weighted by molar-refractivity contribution is 5.66. The maximum Gasteiger partial charge on any atom is 0.302 e. The third-order valence-corrected chi connectivity index (χ3v) is 2.75. The zero-order valence-corrected chi connectivity index (χ0v) is 9.45. The Balaban J connectivity index is 2.10. The first-order valence-electron chi connectivity index (χ1n) is 5.73. The number of likely N-dealkylation sites (tertiary alicyclic amines) is 1. The molecule has 0 aliphatic carbocycles. The number of esters is 1. The average molecular weight is 215 g/mol. The molecule has 0 radical (unpaired) electrons. The molecular formula is C11H21NO3. The number of ether oxygens (including phenoxy) is 1. The van der Waals surface area contributed by atoms with Crippen LogP contribution in [0.4, 0.5) is 0 Å². The number of aliphatic hydroxyl groups excluding tert-OH is 1. The van der Waals surface area contributed by atoms with Crippen LogP contribution in [0.15, 0.2) is 0 Å². The molecule has 0 atom stereocenters. The molecule has 0 aromatic rings. The molecule has 4 heteroatoms. The number of nitrogens with zero attached hydrogens (tertiary/aromatic N) is 1. The molecule has 0 saturated carbocycles. The smallest absolute Gasteiger partial charge is 0.302 e. The van der Waals surface area contributed by atoms with Crippen LogP contribution in [0.2, 0.25) is 0 Å². The van der Waals surface area contributed by atoms with E-state index in [1.54, 1.807) is 0 Å². The number of aliphatic hydroxyl groups is 1. The predicted octanol–water partition coefficient (Wildman–Crippen LogP) is 0.786. The molecule has 1 saturated heterocycles. The van der Waals surface area contributed by atoms with Gasteiger partial charge in [-0.2, -0.15) is 0 Å². The van der Waals surface area contributed by atoms with Crippen LogP contribution in [0.1, 0.15) is 32.6 Å². The van der Waals surface area contributed by atoms with Crippen molar-refractivity contribution in [3.8, 4) is 0 Å². The molecule has 4 nitrogen and oxygen atoms in total. The lowest BCUT2D eigenvalue weighted by Gasteiger charge is -2.31. The van der Waals surface area contributed by atoms with Gasteiger partial charge in [0, 0.05) is 26.6 Å².